The van der Waals surface area contributed by atoms with Crippen LogP contribution < -0.4 is 15.4 Å². The maximum Gasteiger partial charge on any atom is 0.257 e. The second-order valence-corrected chi connectivity index (χ2v) is 5.12. The second kappa shape index (κ2) is 8.02. The lowest BCUT2D eigenvalue weighted by atomic mass is 10.2. The molecule has 1 aromatic rings. The molecule has 0 saturated heterocycles. The zero-order valence-corrected chi connectivity index (χ0v) is 12.4. The molecule has 0 atom stereocenters. The van der Waals surface area contributed by atoms with Gasteiger partial charge in [0, 0.05) is 19.2 Å². The largest absolute Gasteiger partial charge is 0.482 e. The van der Waals surface area contributed by atoms with Crippen molar-refractivity contribution >= 4 is 17.5 Å². The van der Waals surface area contributed by atoms with Gasteiger partial charge in [0.25, 0.3) is 5.91 Å². The number of nitrogens with one attached hydrogen (secondary N) is 2. The van der Waals surface area contributed by atoms with Crippen molar-refractivity contribution in [3.8, 4) is 5.75 Å². The lowest BCUT2D eigenvalue weighted by Gasteiger charge is -2.14. The summed E-state index contributed by atoms with van der Waals surface area (Å²) in [6.45, 7) is 5.85. The third-order valence-electron chi connectivity index (χ3n) is 2.54. The fraction of sp³-hybridized carbons (Fsp3) is 0.500. The Balaban J connectivity index is 2.68. The van der Waals surface area contributed by atoms with Crippen LogP contribution in [0.4, 0.5) is 0 Å². The number of likely N-dealkylation sites (N-methyl/N-ethyl adjacent to an activating group) is 1. The molecule has 1 rings (SSSR count). The van der Waals surface area contributed by atoms with Gasteiger partial charge in [0.05, 0.1) is 5.02 Å². The summed E-state index contributed by atoms with van der Waals surface area (Å²) in [7, 11) is 1.57. The molecule has 0 aromatic heterocycles. The smallest absolute Gasteiger partial charge is 0.257 e. The van der Waals surface area contributed by atoms with Crippen LogP contribution in [0.25, 0.3) is 0 Å². The molecule has 0 spiro atoms. The van der Waals surface area contributed by atoms with E-state index in [-0.39, 0.29) is 12.5 Å². The molecule has 1 aromatic carbocycles. The normalized spacial score (nSPS) is 10.6. The van der Waals surface area contributed by atoms with Crippen molar-refractivity contribution in [3.05, 3.63) is 28.8 Å². The van der Waals surface area contributed by atoms with E-state index >= 15 is 0 Å². The molecule has 2 N–H and O–H groups in total. The molecule has 0 unspecified atom stereocenters. The van der Waals surface area contributed by atoms with Gasteiger partial charge < -0.3 is 15.4 Å². The van der Waals surface area contributed by atoms with Crippen LogP contribution in [0.15, 0.2) is 18.2 Å². The van der Waals surface area contributed by atoms with Crippen LogP contribution in [0.2, 0.25) is 5.02 Å². The van der Waals surface area contributed by atoms with E-state index in [1.54, 1.807) is 13.1 Å². The third-order valence-corrected chi connectivity index (χ3v) is 2.84. The van der Waals surface area contributed by atoms with E-state index in [1.807, 2.05) is 12.1 Å². The van der Waals surface area contributed by atoms with Gasteiger partial charge in [-0.05, 0) is 18.5 Å². The number of para-hydroxylation sites is 1. The molecule has 0 heterocycles. The zero-order valence-electron chi connectivity index (χ0n) is 11.6. The number of rotatable bonds is 7. The summed E-state index contributed by atoms with van der Waals surface area (Å²) < 4.78 is 5.49. The van der Waals surface area contributed by atoms with Crippen molar-refractivity contribution in [1.82, 2.24) is 10.6 Å². The molecule has 4 nitrogen and oxygen atoms in total. The standard InChI is InChI=1S/C14H21ClN2O2/c1-10(2)7-17-8-11-5-4-6-12(15)14(11)19-9-13(18)16-3/h4-6,10,17H,7-9H2,1-3H3,(H,16,18). The molecule has 0 aliphatic heterocycles. The first-order valence-electron chi connectivity index (χ1n) is 6.36. The van der Waals surface area contributed by atoms with Crippen molar-refractivity contribution < 1.29 is 9.53 Å². The Morgan fingerprint density at radius 1 is 1.42 bits per heavy atom. The lowest BCUT2D eigenvalue weighted by molar-refractivity contribution is -0.122. The minimum absolute atomic E-state index is 0.0303. The predicted molar refractivity (Wildman–Crippen MR) is 77.6 cm³/mol. The number of benzene rings is 1. The lowest BCUT2D eigenvalue weighted by Crippen LogP contribution is -2.25. The van der Waals surface area contributed by atoms with Crippen LogP contribution in [0.5, 0.6) is 5.75 Å². The fourth-order valence-corrected chi connectivity index (χ4v) is 1.81. The molecular weight excluding hydrogens is 264 g/mol. The maximum absolute atomic E-state index is 11.2. The summed E-state index contributed by atoms with van der Waals surface area (Å²) in [4.78, 5) is 11.2. The Morgan fingerprint density at radius 3 is 2.79 bits per heavy atom. The minimum atomic E-state index is -0.180. The maximum atomic E-state index is 11.2. The van der Waals surface area contributed by atoms with Crippen LogP contribution in [0.1, 0.15) is 19.4 Å². The quantitative estimate of drug-likeness (QED) is 0.807. The van der Waals surface area contributed by atoms with E-state index in [1.165, 1.54) is 0 Å². The van der Waals surface area contributed by atoms with Gasteiger partial charge in [-0.3, -0.25) is 4.79 Å². The molecule has 0 aliphatic rings. The summed E-state index contributed by atoms with van der Waals surface area (Å²) in [5, 5.41) is 6.36. The highest BCUT2D eigenvalue weighted by Gasteiger charge is 2.10. The molecule has 106 valence electrons. The summed E-state index contributed by atoms with van der Waals surface area (Å²) in [5.41, 5.74) is 0.956. The topological polar surface area (TPSA) is 50.4 Å². The molecular formula is C14H21ClN2O2. The van der Waals surface area contributed by atoms with E-state index in [0.29, 0.717) is 23.2 Å². The van der Waals surface area contributed by atoms with Gasteiger partial charge in [0.15, 0.2) is 6.61 Å². The molecule has 0 fully saturated rings. The highest BCUT2D eigenvalue weighted by molar-refractivity contribution is 6.32. The number of ether oxygens (including phenoxy) is 1. The SMILES string of the molecule is CNC(=O)COc1c(Cl)cccc1CNCC(C)C. The summed E-state index contributed by atoms with van der Waals surface area (Å²) >= 11 is 6.11. The van der Waals surface area contributed by atoms with Crippen LogP contribution in [0, 0.1) is 5.92 Å². The predicted octanol–water partition coefficient (Wildman–Crippen LogP) is 2.21. The van der Waals surface area contributed by atoms with Crippen molar-refractivity contribution in [2.45, 2.75) is 20.4 Å². The van der Waals surface area contributed by atoms with Gasteiger partial charge in [0.1, 0.15) is 5.75 Å². The van der Waals surface area contributed by atoms with Gasteiger partial charge in [0.2, 0.25) is 0 Å². The Kier molecular flexibility index (Phi) is 6.67. The Hall–Kier alpha value is -1.26. The van der Waals surface area contributed by atoms with E-state index in [4.69, 9.17) is 16.3 Å². The van der Waals surface area contributed by atoms with Crippen molar-refractivity contribution in [2.75, 3.05) is 20.2 Å². The molecule has 0 saturated carbocycles. The van der Waals surface area contributed by atoms with E-state index in [0.717, 1.165) is 12.1 Å². The average molecular weight is 285 g/mol. The summed E-state index contributed by atoms with van der Waals surface area (Å²) in [6.07, 6.45) is 0. The van der Waals surface area contributed by atoms with E-state index in [2.05, 4.69) is 24.5 Å². The zero-order chi connectivity index (χ0) is 14.3. The van der Waals surface area contributed by atoms with Crippen molar-refractivity contribution in [1.29, 1.82) is 0 Å². The third kappa shape index (κ3) is 5.49. The first kappa shape index (κ1) is 15.8. The van der Waals surface area contributed by atoms with Crippen molar-refractivity contribution in [2.24, 2.45) is 5.92 Å². The Morgan fingerprint density at radius 2 is 2.16 bits per heavy atom. The molecule has 1 amide bonds. The molecule has 0 radical (unpaired) electrons. The monoisotopic (exact) mass is 284 g/mol. The second-order valence-electron chi connectivity index (χ2n) is 4.71. The number of carbonyl (C=O) groups is 1. The fourth-order valence-electron chi connectivity index (χ4n) is 1.56. The molecule has 0 aliphatic carbocycles. The van der Waals surface area contributed by atoms with Crippen LogP contribution >= 0.6 is 11.6 Å². The van der Waals surface area contributed by atoms with Gasteiger partial charge >= 0.3 is 0 Å². The number of hydrogen-bond acceptors (Lipinski definition) is 3. The highest BCUT2D eigenvalue weighted by Crippen LogP contribution is 2.28. The number of hydrogen-bond donors (Lipinski definition) is 2. The first-order chi connectivity index (χ1) is 9.04. The first-order valence-corrected chi connectivity index (χ1v) is 6.74. The summed E-state index contributed by atoms with van der Waals surface area (Å²) in [5.74, 6) is 0.972. The van der Waals surface area contributed by atoms with Crippen LogP contribution in [-0.2, 0) is 11.3 Å². The summed E-state index contributed by atoms with van der Waals surface area (Å²) in [6, 6.07) is 5.58. The Bertz CT molecular complexity index is 422. The molecule has 0 bridgehead atoms. The van der Waals surface area contributed by atoms with Gasteiger partial charge in [-0.1, -0.05) is 37.6 Å². The van der Waals surface area contributed by atoms with Crippen molar-refractivity contribution in [3.63, 3.8) is 0 Å². The van der Waals surface area contributed by atoms with E-state index < -0.39 is 0 Å². The number of halogens is 1. The van der Waals surface area contributed by atoms with Gasteiger partial charge in [-0.15, -0.1) is 0 Å². The Labute approximate surface area is 119 Å². The molecule has 19 heavy (non-hydrogen) atoms. The number of amides is 1. The van der Waals surface area contributed by atoms with Gasteiger partial charge in [-0.2, -0.15) is 0 Å². The highest BCUT2D eigenvalue weighted by atomic mass is 35.5. The van der Waals surface area contributed by atoms with Crippen LogP contribution in [0.3, 0.4) is 0 Å². The van der Waals surface area contributed by atoms with E-state index in [9.17, 15) is 4.79 Å². The minimum Gasteiger partial charge on any atom is -0.482 e. The molecule has 5 heteroatoms. The van der Waals surface area contributed by atoms with Gasteiger partial charge in [-0.25, -0.2) is 0 Å². The number of carbonyl (C=O) groups excluding carboxylic acids is 1. The average Bonchev–Trinajstić information content (AvgIpc) is 2.37. The van der Waals surface area contributed by atoms with Crippen LogP contribution in [-0.4, -0.2) is 26.1 Å².